The van der Waals surface area contributed by atoms with Crippen LogP contribution in [0.1, 0.15) is 34.1 Å². The van der Waals surface area contributed by atoms with Crippen molar-refractivity contribution in [2.24, 2.45) is 0 Å². The van der Waals surface area contributed by atoms with Crippen LogP contribution in [0, 0.1) is 13.8 Å². The number of amides is 1. The lowest BCUT2D eigenvalue weighted by Crippen LogP contribution is -2.24. The Balaban J connectivity index is 1.82. The highest BCUT2D eigenvalue weighted by Gasteiger charge is 2.23. The number of rotatable bonds is 5. The van der Waals surface area contributed by atoms with E-state index in [1.165, 1.54) is 41.8 Å². The number of benzene rings is 1. The summed E-state index contributed by atoms with van der Waals surface area (Å²) in [6.07, 6.45) is 2.71. The minimum atomic E-state index is -0.501. The third-order valence-corrected chi connectivity index (χ3v) is 4.94. The number of carbonyl (C=O) groups is 2. The molecule has 0 bridgehead atoms. The Kier molecular flexibility index (Phi) is 5.62. The Morgan fingerprint density at radius 3 is 2.74 bits per heavy atom. The van der Waals surface area contributed by atoms with Crippen molar-refractivity contribution in [2.75, 3.05) is 4.90 Å². The molecule has 0 N–H and O–H groups in total. The molecule has 2 heterocycles. The molecule has 0 saturated heterocycles. The summed E-state index contributed by atoms with van der Waals surface area (Å²) < 4.78 is 10.1. The first-order valence-electron chi connectivity index (χ1n) is 8.08. The van der Waals surface area contributed by atoms with Crippen LogP contribution in [0.15, 0.2) is 40.5 Å². The van der Waals surface area contributed by atoms with Crippen LogP contribution in [-0.2, 0) is 16.1 Å². The summed E-state index contributed by atoms with van der Waals surface area (Å²) in [5.41, 5.74) is 3.36. The lowest BCUT2D eigenvalue weighted by atomic mass is 10.1. The SMILES string of the molecule is CC(=O)N(c1nc(COC(=O)c2ccoc2)cs1)c1c(C)cc(C)cc1Cl. The predicted molar refractivity (Wildman–Crippen MR) is 104 cm³/mol. The van der Waals surface area contributed by atoms with Crippen molar-refractivity contribution in [2.45, 2.75) is 27.4 Å². The van der Waals surface area contributed by atoms with Crippen LogP contribution in [0.5, 0.6) is 0 Å². The van der Waals surface area contributed by atoms with E-state index in [2.05, 4.69) is 4.98 Å². The fourth-order valence-corrected chi connectivity index (χ4v) is 3.91. The first-order chi connectivity index (χ1) is 12.9. The average molecular weight is 405 g/mol. The predicted octanol–water partition coefficient (Wildman–Crippen LogP) is 5.05. The van der Waals surface area contributed by atoms with Gasteiger partial charge in [0.05, 0.1) is 28.2 Å². The first kappa shape index (κ1) is 19.1. The molecule has 0 unspecified atom stereocenters. The molecule has 0 aliphatic heterocycles. The van der Waals surface area contributed by atoms with Gasteiger partial charge in [0.25, 0.3) is 0 Å². The van der Waals surface area contributed by atoms with Gasteiger partial charge in [-0.25, -0.2) is 9.78 Å². The molecule has 0 atom stereocenters. The zero-order valence-corrected chi connectivity index (χ0v) is 16.6. The van der Waals surface area contributed by atoms with Crippen molar-refractivity contribution in [3.8, 4) is 0 Å². The van der Waals surface area contributed by atoms with Gasteiger partial charge in [-0.15, -0.1) is 11.3 Å². The number of thiazole rings is 1. The number of hydrogen-bond donors (Lipinski definition) is 0. The lowest BCUT2D eigenvalue weighted by molar-refractivity contribution is -0.115. The van der Waals surface area contributed by atoms with Gasteiger partial charge < -0.3 is 9.15 Å². The summed E-state index contributed by atoms with van der Waals surface area (Å²) in [6.45, 7) is 5.28. The molecule has 1 amide bonds. The van der Waals surface area contributed by atoms with Crippen molar-refractivity contribution in [1.29, 1.82) is 0 Å². The number of esters is 1. The fourth-order valence-electron chi connectivity index (χ4n) is 2.65. The summed E-state index contributed by atoms with van der Waals surface area (Å²) in [5.74, 6) is -0.709. The molecule has 1 aromatic carbocycles. The van der Waals surface area contributed by atoms with Crippen molar-refractivity contribution in [3.05, 3.63) is 63.5 Å². The van der Waals surface area contributed by atoms with Crippen LogP contribution in [0.3, 0.4) is 0 Å². The third kappa shape index (κ3) is 4.20. The number of aromatic nitrogens is 1. The molecule has 0 saturated carbocycles. The van der Waals surface area contributed by atoms with Crippen molar-refractivity contribution >= 4 is 45.6 Å². The fraction of sp³-hybridized carbons (Fsp3) is 0.211. The van der Waals surface area contributed by atoms with Crippen LogP contribution in [0.25, 0.3) is 0 Å². The van der Waals surface area contributed by atoms with E-state index >= 15 is 0 Å². The molecule has 0 aliphatic rings. The van der Waals surface area contributed by atoms with E-state index in [9.17, 15) is 9.59 Å². The molecule has 2 aromatic heterocycles. The quantitative estimate of drug-likeness (QED) is 0.556. The molecule has 8 heteroatoms. The van der Waals surface area contributed by atoms with E-state index in [1.54, 1.807) is 11.4 Å². The lowest BCUT2D eigenvalue weighted by Gasteiger charge is -2.22. The van der Waals surface area contributed by atoms with Gasteiger partial charge in [0.2, 0.25) is 5.91 Å². The Morgan fingerprint density at radius 1 is 1.33 bits per heavy atom. The number of hydrogen-bond acceptors (Lipinski definition) is 6. The number of ether oxygens (including phenoxy) is 1. The van der Waals surface area contributed by atoms with Gasteiger partial charge in [-0.2, -0.15) is 0 Å². The van der Waals surface area contributed by atoms with Crippen LogP contribution >= 0.6 is 22.9 Å². The van der Waals surface area contributed by atoms with Crippen LogP contribution in [-0.4, -0.2) is 16.9 Å². The molecular formula is C19H17ClN2O4S. The number of furan rings is 1. The van der Waals surface area contributed by atoms with Crippen LogP contribution in [0.4, 0.5) is 10.8 Å². The topological polar surface area (TPSA) is 72.6 Å². The molecule has 27 heavy (non-hydrogen) atoms. The maximum Gasteiger partial charge on any atom is 0.341 e. The van der Waals surface area contributed by atoms with E-state index in [0.29, 0.717) is 27.1 Å². The van der Waals surface area contributed by atoms with Gasteiger partial charge in [0.15, 0.2) is 5.13 Å². The second kappa shape index (κ2) is 7.94. The normalized spacial score (nSPS) is 10.7. The largest absolute Gasteiger partial charge is 0.472 e. The van der Waals surface area contributed by atoms with E-state index in [0.717, 1.165) is 11.1 Å². The summed E-state index contributed by atoms with van der Waals surface area (Å²) in [5, 5.41) is 2.68. The molecule has 0 fully saturated rings. The molecule has 0 spiro atoms. The number of carbonyl (C=O) groups excluding carboxylic acids is 2. The summed E-state index contributed by atoms with van der Waals surface area (Å²) in [4.78, 5) is 30.1. The molecule has 3 rings (SSSR count). The van der Waals surface area contributed by atoms with E-state index in [-0.39, 0.29) is 12.5 Å². The number of aryl methyl sites for hydroxylation is 2. The molecule has 0 radical (unpaired) electrons. The second-order valence-electron chi connectivity index (χ2n) is 5.98. The molecule has 140 valence electrons. The molecule has 6 nitrogen and oxygen atoms in total. The van der Waals surface area contributed by atoms with Crippen molar-refractivity contribution < 1.29 is 18.7 Å². The highest BCUT2D eigenvalue weighted by Crippen LogP contribution is 2.37. The Hall–Kier alpha value is -2.64. The van der Waals surface area contributed by atoms with Gasteiger partial charge in [0.1, 0.15) is 12.9 Å². The smallest absolute Gasteiger partial charge is 0.341 e. The average Bonchev–Trinajstić information content (AvgIpc) is 3.27. The Bertz CT molecular complexity index is 959. The van der Waals surface area contributed by atoms with Gasteiger partial charge in [-0.05, 0) is 37.1 Å². The van der Waals surface area contributed by atoms with Crippen LogP contribution in [0.2, 0.25) is 5.02 Å². The Labute approximate surface area is 165 Å². The maximum absolute atomic E-state index is 12.3. The van der Waals surface area contributed by atoms with Gasteiger partial charge >= 0.3 is 5.97 Å². The molecular weight excluding hydrogens is 388 g/mol. The first-order valence-corrected chi connectivity index (χ1v) is 9.33. The minimum absolute atomic E-state index is 0.00707. The number of nitrogens with zero attached hydrogens (tertiary/aromatic N) is 2. The molecule has 0 aliphatic carbocycles. The highest BCUT2D eigenvalue weighted by molar-refractivity contribution is 7.14. The summed E-state index contributed by atoms with van der Waals surface area (Å²) in [7, 11) is 0. The zero-order chi connectivity index (χ0) is 19.6. The highest BCUT2D eigenvalue weighted by atomic mass is 35.5. The van der Waals surface area contributed by atoms with E-state index in [1.807, 2.05) is 19.9 Å². The van der Waals surface area contributed by atoms with Crippen molar-refractivity contribution in [1.82, 2.24) is 4.98 Å². The minimum Gasteiger partial charge on any atom is -0.472 e. The maximum atomic E-state index is 12.3. The molecule has 3 aromatic rings. The monoisotopic (exact) mass is 404 g/mol. The van der Waals surface area contributed by atoms with Crippen LogP contribution < -0.4 is 4.90 Å². The second-order valence-corrected chi connectivity index (χ2v) is 7.22. The Morgan fingerprint density at radius 2 is 2.11 bits per heavy atom. The van der Waals surface area contributed by atoms with E-state index < -0.39 is 5.97 Å². The summed E-state index contributed by atoms with van der Waals surface area (Å²) in [6, 6.07) is 5.29. The van der Waals surface area contributed by atoms with Gasteiger partial charge in [0, 0.05) is 12.3 Å². The summed E-state index contributed by atoms with van der Waals surface area (Å²) >= 11 is 7.67. The van der Waals surface area contributed by atoms with Gasteiger partial charge in [-0.1, -0.05) is 17.7 Å². The number of anilines is 2. The standard InChI is InChI=1S/C19H17ClN2O4S/c1-11-6-12(2)17(16(20)7-11)22(13(3)23)19-21-15(10-27-19)9-26-18(24)14-4-5-25-8-14/h4-8,10H,9H2,1-3H3. The van der Waals surface area contributed by atoms with Crippen molar-refractivity contribution in [3.63, 3.8) is 0 Å². The third-order valence-electron chi connectivity index (χ3n) is 3.78. The zero-order valence-electron chi connectivity index (χ0n) is 15.0. The van der Waals surface area contributed by atoms with E-state index in [4.69, 9.17) is 20.8 Å². The number of halogens is 1. The van der Waals surface area contributed by atoms with Gasteiger partial charge in [-0.3, -0.25) is 9.69 Å².